The van der Waals surface area contributed by atoms with Crippen LogP contribution in [0.25, 0.3) is 0 Å². The molecule has 0 aliphatic carbocycles. The molecule has 0 aromatic carbocycles. The molecule has 2 heterocycles. The second-order valence-electron chi connectivity index (χ2n) is 5.20. The van der Waals surface area contributed by atoms with Crippen LogP contribution in [0.5, 0.6) is 0 Å². The van der Waals surface area contributed by atoms with Gasteiger partial charge in [-0.3, -0.25) is 9.48 Å². The van der Waals surface area contributed by atoms with E-state index in [9.17, 15) is 4.79 Å². The molecule has 94 valence electrons. The van der Waals surface area contributed by atoms with Crippen molar-refractivity contribution in [3.63, 3.8) is 0 Å². The van der Waals surface area contributed by atoms with E-state index in [-0.39, 0.29) is 0 Å². The van der Waals surface area contributed by atoms with Gasteiger partial charge in [0.2, 0.25) is 5.91 Å². The summed E-state index contributed by atoms with van der Waals surface area (Å²) in [5.41, 5.74) is 0. The Hall–Kier alpha value is -1.32. The minimum atomic E-state index is 0.305. The number of carbonyl (C=O) groups is 1. The first-order chi connectivity index (χ1) is 8.16. The summed E-state index contributed by atoms with van der Waals surface area (Å²) in [6, 6.07) is 2.42. The Morgan fingerprint density at radius 2 is 2.12 bits per heavy atom. The summed E-state index contributed by atoms with van der Waals surface area (Å²) in [6.07, 6.45) is 6.54. The van der Waals surface area contributed by atoms with E-state index in [2.05, 4.69) is 18.9 Å². The summed E-state index contributed by atoms with van der Waals surface area (Å²) in [4.78, 5) is 13.9. The SMILES string of the molecule is CC(C)CC(=O)N1CCC(n2cccn2)CC1. The maximum Gasteiger partial charge on any atom is 0.222 e. The van der Waals surface area contributed by atoms with E-state index in [0.29, 0.717) is 24.3 Å². The van der Waals surface area contributed by atoms with Gasteiger partial charge in [0.05, 0.1) is 6.04 Å². The van der Waals surface area contributed by atoms with E-state index in [0.717, 1.165) is 25.9 Å². The molecule has 0 radical (unpaired) electrons. The van der Waals surface area contributed by atoms with E-state index in [1.165, 1.54) is 0 Å². The molecule has 0 atom stereocenters. The summed E-state index contributed by atoms with van der Waals surface area (Å²) in [5.74, 6) is 0.755. The minimum Gasteiger partial charge on any atom is -0.343 e. The number of hydrogen-bond acceptors (Lipinski definition) is 2. The van der Waals surface area contributed by atoms with Crippen LogP contribution in [0.3, 0.4) is 0 Å². The summed E-state index contributed by atoms with van der Waals surface area (Å²) in [5, 5.41) is 4.27. The van der Waals surface area contributed by atoms with Crippen molar-refractivity contribution in [3.8, 4) is 0 Å². The fourth-order valence-electron chi connectivity index (χ4n) is 2.35. The molecule has 1 aliphatic rings. The molecule has 0 N–H and O–H groups in total. The standard InChI is InChI=1S/C13H21N3O/c1-11(2)10-13(17)15-8-4-12(5-9-15)16-7-3-6-14-16/h3,6-7,11-12H,4-5,8-10H2,1-2H3. The fourth-order valence-corrected chi connectivity index (χ4v) is 2.35. The van der Waals surface area contributed by atoms with Gasteiger partial charge < -0.3 is 4.90 Å². The van der Waals surface area contributed by atoms with Gasteiger partial charge in [0.15, 0.2) is 0 Å². The normalized spacial score (nSPS) is 17.7. The summed E-state index contributed by atoms with van der Waals surface area (Å²) in [7, 11) is 0. The van der Waals surface area contributed by atoms with Crippen molar-refractivity contribution in [2.75, 3.05) is 13.1 Å². The number of hydrogen-bond donors (Lipinski definition) is 0. The van der Waals surface area contributed by atoms with Crippen molar-refractivity contribution >= 4 is 5.91 Å². The van der Waals surface area contributed by atoms with Crippen LogP contribution in [0.15, 0.2) is 18.5 Å². The molecule has 1 fully saturated rings. The number of nitrogens with zero attached hydrogens (tertiary/aromatic N) is 3. The zero-order valence-electron chi connectivity index (χ0n) is 10.7. The number of likely N-dealkylation sites (tertiary alicyclic amines) is 1. The van der Waals surface area contributed by atoms with Gasteiger partial charge in [-0.2, -0.15) is 5.10 Å². The Bertz CT molecular complexity index is 351. The molecule has 4 nitrogen and oxygen atoms in total. The first-order valence-corrected chi connectivity index (χ1v) is 6.43. The second kappa shape index (κ2) is 5.34. The second-order valence-corrected chi connectivity index (χ2v) is 5.20. The van der Waals surface area contributed by atoms with Crippen molar-refractivity contribution in [2.24, 2.45) is 5.92 Å². The van der Waals surface area contributed by atoms with Crippen molar-refractivity contribution in [1.29, 1.82) is 0 Å². The quantitative estimate of drug-likeness (QED) is 0.804. The highest BCUT2D eigenvalue weighted by Crippen LogP contribution is 2.22. The summed E-state index contributed by atoms with van der Waals surface area (Å²) >= 11 is 0. The van der Waals surface area contributed by atoms with Crippen LogP contribution in [0, 0.1) is 5.92 Å². The van der Waals surface area contributed by atoms with Crippen molar-refractivity contribution < 1.29 is 4.79 Å². The monoisotopic (exact) mass is 235 g/mol. The van der Waals surface area contributed by atoms with Crippen LogP contribution < -0.4 is 0 Å². The summed E-state index contributed by atoms with van der Waals surface area (Å²) in [6.45, 7) is 5.93. The van der Waals surface area contributed by atoms with E-state index in [1.54, 1.807) is 0 Å². The van der Waals surface area contributed by atoms with Gasteiger partial charge in [-0.15, -0.1) is 0 Å². The molecule has 17 heavy (non-hydrogen) atoms. The minimum absolute atomic E-state index is 0.305. The lowest BCUT2D eigenvalue weighted by molar-refractivity contribution is -0.133. The van der Waals surface area contributed by atoms with Crippen molar-refractivity contribution in [3.05, 3.63) is 18.5 Å². The first kappa shape index (κ1) is 12.1. The third-order valence-electron chi connectivity index (χ3n) is 3.30. The Morgan fingerprint density at radius 1 is 1.41 bits per heavy atom. The predicted molar refractivity (Wildman–Crippen MR) is 66.5 cm³/mol. The predicted octanol–water partition coefficient (Wildman–Crippen LogP) is 2.09. The highest BCUT2D eigenvalue weighted by molar-refractivity contribution is 5.76. The Balaban J connectivity index is 1.84. The number of carbonyl (C=O) groups excluding carboxylic acids is 1. The zero-order valence-corrected chi connectivity index (χ0v) is 10.7. The fraction of sp³-hybridized carbons (Fsp3) is 0.692. The van der Waals surface area contributed by atoms with Gasteiger partial charge >= 0.3 is 0 Å². The number of rotatable bonds is 3. The zero-order chi connectivity index (χ0) is 12.3. The molecule has 1 aromatic rings. The number of aromatic nitrogens is 2. The molecule has 0 saturated carbocycles. The van der Waals surface area contributed by atoms with E-state index in [4.69, 9.17) is 0 Å². The molecular formula is C13H21N3O. The van der Waals surface area contributed by atoms with Crippen LogP contribution >= 0.6 is 0 Å². The molecule has 1 saturated heterocycles. The Morgan fingerprint density at radius 3 is 2.65 bits per heavy atom. The molecule has 1 aromatic heterocycles. The maximum atomic E-state index is 11.9. The Kier molecular flexibility index (Phi) is 3.82. The van der Waals surface area contributed by atoms with E-state index < -0.39 is 0 Å². The molecule has 4 heteroatoms. The molecule has 1 aliphatic heterocycles. The highest BCUT2D eigenvalue weighted by atomic mass is 16.2. The molecule has 0 spiro atoms. The molecular weight excluding hydrogens is 214 g/mol. The third kappa shape index (κ3) is 3.08. The van der Waals surface area contributed by atoms with Crippen molar-refractivity contribution in [1.82, 2.24) is 14.7 Å². The van der Waals surface area contributed by atoms with E-state index >= 15 is 0 Å². The topological polar surface area (TPSA) is 38.1 Å². The highest BCUT2D eigenvalue weighted by Gasteiger charge is 2.23. The smallest absolute Gasteiger partial charge is 0.222 e. The number of piperidine rings is 1. The van der Waals surface area contributed by atoms with Crippen LogP contribution in [0.2, 0.25) is 0 Å². The average Bonchev–Trinajstić information content (AvgIpc) is 2.82. The molecule has 0 unspecified atom stereocenters. The van der Waals surface area contributed by atoms with Gasteiger partial charge in [-0.05, 0) is 24.8 Å². The van der Waals surface area contributed by atoms with Crippen LogP contribution in [0.4, 0.5) is 0 Å². The maximum absolute atomic E-state index is 11.9. The van der Waals surface area contributed by atoms with Gasteiger partial charge in [0, 0.05) is 31.9 Å². The lowest BCUT2D eigenvalue weighted by Crippen LogP contribution is -2.39. The van der Waals surface area contributed by atoms with Gasteiger partial charge in [-0.25, -0.2) is 0 Å². The molecule has 0 bridgehead atoms. The van der Waals surface area contributed by atoms with Gasteiger partial charge in [-0.1, -0.05) is 13.8 Å². The number of amides is 1. The molecule has 2 rings (SSSR count). The van der Waals surface area contributed by atoms with Gasteiger partial charge in [0.1, 0.15) is 0 Å². The van der Waals surface area contributed by atoms with Gasteiger partial charge in [0.25, 0.3) is 0 Å². The largest absolute Gasteiger partial charge is 0.343 e. The Labute approximate surface area is 103 Å². The van der Waals surface area contributed by atoms with Crippen LogP contribution in [0.1, 0.15) is 39.2 Å². The van der Waals surface area contributed by atoms with Crippen LogP contribution in [-0.4, -0.2) is 33.7 Å². The average molecular weight is 235 g/mol. The third-order valence-corrected chi connectivity index (χ3v) is 3.30. The molecule has 1 amide bonds. The van der Waals surface area contributed by atoms with E-state index in [1.807, 2.05) is 28.0 Å². The first-order valence-electron chi connectivity index (χ1n) is 6.43. The summed E-state index contributed by atoms with van der Waals surface area (Å²) < 4.78 is 2.02. The van der Waals surface area contributed by atoms with Crippen LogP contribution in [-0.2, 0) is 4.79 Å². The lowest BCUT2D eigenvalue weighted by Gasteiger charge is -2.32. The lowest BCUT2D eigenvalue weighted by atomic mass is 10.0. The van der Waals surface area contributed by atoms with Crippen molar-refractivity contribution in [2.45, 2.75) is 39.2 Å².